The summed E-state index contributed by atoms with van der Waals surface area (Å²) in [6.07, 6.45) is 1.10. The molecule has 0 aliphatic heterocycles. The third-order valence-corrected chi connectivity index (χ3v) is 4.41. The zero-order valence-corrected chi connectivity index (χ0v) is 16.2. The Labute approximate surface area is 149 Å². The summed E-state index contributed by atoms with van der Waals surface area (Å²) in [4.78, 5) is 0. The molecule has 0 aliphatic rings. The maximum absolute atomic E-state index is 5.74. The van der Waals surface area contributed by atoms with Crippen molar-refractivity contribution in [2.24, 2.45) is 0 Å². The van der Waals surface area contributed by atoms with Crippen LogP contribution in [-0.2, 0) is 20.3 Å². The van der Waals surface area contributed by atoms with Crippen molar-refractivity contribution in [2.45, 2.75) is 19.1 Å². The highest BCUT2D eigenvalue weighted by molar-refractivity contribution is 9.10. The zero-order valence-electron chi connectivity index (χ0n) is 12.8. The Kier molecular flexibility index (Phi) is 12.2. The van der Waals surface area contributed by atoms with Gasteiger partial charge in [0.15, 0.2) is 0 Å². The summed E-state index contributed by atoms with van der Waals surface area (Å²) in [7, 11) is 5.09. The second kappa shape index (κ2) is 13.4. The van der Waals surface area contributed by atoms with E-state index in [1.165, 1.54) is 12.0 Å². The number of methoxy groups -OCH3 is 1. The molecule has 0 aliphatic carbocycles. The molecule has 0 bridgehead atoms. The largest absolute Gasteiger partial charge is 0.490 e. The summed E-state index contributed by atoms with van der Waals surface area (Å²) >= 11 is 4.97. The standard InChI is InChI=1S/C15H22BrO4SSi/c1-17-5-6-18-12-13-3-4-14(16)15(11-13)19-7-8-20-21-9-2-10-22/h3-4,11H,2,5-10,12H2,1H3. The lowest BCUT2D eigenvalue weighted by atomic mass is 10.2. The van der Waals surface area contributed by atoms with Crippen molar-refractivity contribution in [1.29, 1.82) is 0 Å². The number of rotatable bonds is 13. The molecule has 0 fully saturated rings. The Morgan fingerprint density at radius 2 is 2.05 bits per heavy atom. The minimum absolute atomic E-state index is 0.521. The molecule has 1 aromatic rings. The van der Waals surface area contributed by atoms with Crippen LogP contribution in [0.15, 0.2) is 22.7 Å². The molecule has 1 aromatic carbocycles. The van der Waals surface area contributed by atoms with Gasteiger partial charge < -0.3 is 18.4 Å². The van der Waals surface area contributed by atoms with E-state index in [0.29, 0.717) is 33.0 Å². The van der Waals surface area contributed by atoms with Gasteiger partial charge in [0.1, 0.15) is 12.4 Å². The van der Waals surface area contributed by atoms with Crippen molar-refractivity contribution in [1.82, 2.24) is 0 Å². The molecule has 1 rings (SSSR count). The van der Waals surface area contributed by atoms with Crippen LogP contribution in [0.4, 0.5) is 0 Å². The molecule has 22 heavy (non-hydrogen) atoms. The predicted molar refractivity (Wildman–Crippen MR) is 94.8 cm³/mol. The molecule has 3 radical (unpaired) electrons. The van der Waals surface area contributed by atoms with Crippen molar-refractivity contribution < 1.29 is 18.4 Å². The lowest BCUT2D eigenvalue weighted by molar-refractivity contribution is 0.0615. The van der Waals surface area contributed by atoms with Crippen LogP contribution in [-0.4, -0.2) is 49.5 Å². The average molecular weight is 406 g/mol. The molecule has 0 saturated carbocycles. The van der Waals surface area contributed by atoms with Gasteiger partial charge in [-0.25, -0.2) is 0 Å². The normalized spacial score (nSPS) is 10.9. The van der Waals surface area contributed by atoms with E-state index >= 15 is 0 Å². The topological polar surface area (TPSA) is 36.9 Å². The average Bonchev–Trinajstić information content (AvgIpc) is 2.53. The Hall–Kier alpha value is -0.0531. The Morgan fingerprint density at radius 3 is 2.82 bits per heavy atom. The molecule has 0 N–H and O–H groups in total. The van der Waals surface area contributed by atoms with E-state index in [2.05, 4.69) is 26.2 Å². The molecule has 123 valence electrons. The molecular weight excluding hydrogens is 384 g/mol. The van der Waals surface area contributed by atoms with Crippen molar-refractivity contribution >= 4 is 38.2 Å². The third kappa shape index (κ3) is 9.17. The first-order valence-corrected chi connectivity index (χ1v) is 9.56. The second-order valence-corrected chi connectivity index (χ2v) is 6.64. The summed E-state index contributed by atoms with van der Waals surface area (Å²) in [6.45, 7) is 2.82. The molecule has 0 unspecified atom stereocenters. The van der Waals surface area contributed by atoms with Gasteiger partial charge in [-0.3, -0.25) is 0 Å². The summed E-state index contributed by atoms with van der Waals surface area (Å²) in [6, 6.07) is 6.96. The maximum atomic E-state index is 5.74. The first kappa shape index (κ1) is 20.0. The Bertz CT molecular complexity index is 409. The van der Waals surface area contributed by atoms with Gasteiger partial charge in [-0.15, -0.1) is 0 Å². The number of hydrogen-bond acceptors (Lipinski definition) is 5. The fraction of sp³-hybridized carbons (Fsp3) is 0.600. The molecule has 0 heterocycles. The highest BCUT2D eigenvalue weighted by Gasteiger charge is 2.04. The SMILES string of the molecule is COCCOCc1ccc(Br)c(OCCOSCCC[Si])c1. The molecule has 0 amide bonds. The van der Waals surface area contributed by atoms with E-state index in [1.54, 1.807) is 7.11 Å². The number of hydrogen-bond donors (Lipinski definition) is 0. The lowest BCUT2D eigenvalue weighted by Gasteiger charge is -2.10. The van der Waals surface area contributed by atoms with Crippen LogP contribution in [0.25, 0.3) is 0 Å². The monoisotopic (exact) mass is 405 g/mol. The van der Waals surface area contributed by atoms with Crippen molar-refractivity contribution in [3.63, 3.8) is 0 Å². The van der Waals surface area contributed by atoms with E-state index < -0.39 is 0 Å². The van der Waals surface area contributed by atoms with Gasteiger partial charge in [-0.1, -0.05) is 12.1 Å². The summed E-state index contributed by atoms with van der Waals surface area (Å²) in [5.74, 6) is 1.79. The fourth-order valence-electron chi connectivity index (χ4n) is 1.52. The highest BCUT2D eigenvalue weighted by atomic mass is 79.9. The van der Waals surface area contributed by atoms with Gasteiger partial charge >= 0.3 is 0 Å². The first-order valence-electron chi connectivity index (χ1n) is 7.15. The third-order valence-electron chi connectivity index (χ3n) is 2.61. The summed E-state index contributed by atoms with van der Waals surface area (Å²) < 4.78 is 22.6. The lowest BCUT2D eigenvalue weighted by Crippen LogP contribution is -2.05. The van der Waals surface area contributed by atoms with Crippen LogP contribution < -0.4 is 4.74 Å². The van der Waals surface area contributed by atoms with E-state index in [4.69, 9.17) is 18.4 Å². The number of halogens is 1. The van der Waals surface area contributed by atoms with E-state index in [-0.39, 0.29) is 0 Å². The molecule has 0 atom stereocenters. The number of ether oxygens (including phenoxy) is 3. The van der Waals surface area contributed by atoms with E-state index in [0.717, 1.165) is 34.0 Å². The van der Waals surface area contributed by atoms with Crippen LogP contribution in [0, 0.1) is 0 Å². The fourth-order valence-corrected chi connectivity index (χ4v) is 2.88. The van der Waals surface area contributed by atoms with E-state index in [1.807, 2.05) is 18.2 Å². The molecule has 7 heteroatoms. The van der Waals surface area contributed by atoms with E-state index in [9.17, 15) is 0 Å². The van der Waals surface area contributed by atoms with Crippen LogP contribution in [0.3, 0.4) is 0 Å². The van der Waals surface area contributed by atoms with Gasteiger partial charge in [0.2, 0.25) is 0 Å². The minimum atomic E-state index is 0.521. The minimum Gasteiger partial charge on any atom is -0.490 e. The Morgan fingerprint density at radius 1 is 1.18 bits per heavy atom. The quantitative estimate of drug-likeness (QED) is 0.284. The summed E-state index contributed by atoms with van der Waals surface area (Å²) in [5.41, 5.74) is 1.07. The molecular formula is C15H22BrO4SSi. The smallest absolute Gasteiger partial charge is 0.133 e. The molecule has 0 aromatic heterocycles. The summed E-state index contributed by atoms with van der Waals surface area (Å²) in [5, 5.41) is 0. The predicted octanol–water partition coefficient (Wildman–Crippen LogP) is 3.63. The van der Waals surface area contributed by atoms with Gasteiger partial charge in [0.05, 0.1) is 30.9 Å². The maximum Gasteiger partial charge on any atom is 0.133 e. The van der Waals surface area contributed by atoms with Crippen molar-refractivity contribution in [3.05, 3.63) is 28.2 Å². The van der Waals surface area contributed by atoms with Crippen LogP contribution in [0.2, 0.25) is 6.04 Å². The first-order chi connectivity index (χ1) is 10.8. The van der Waals surface area contributed by atoms with Crippen LogP contribution in [0.5, 0.6) is 5.75 Å². The van der Waals surface area contributed by atoms with Gasteiger partial charge in [0.25, 0.3) is 0 Å². The van der Waals surface area contributed by atoms with Crippen molar-refractivity contribution in [2.75, 3.05) is 39.3 Å². The van der Waals surface area contributed by atoms with Gasteiger partial charge in [0, 0.05) is 23.1 Å². The zero-order chi connectivity index (χ0) is 16.0. The second-order valence-electron chi connectivity index (χ2n) is 4.41. The van der Waals surface area contributed by atoms with Gasteiger partial charge in [-0.2, -0.15) is 0 Å². The van der Waals surface area contributed by atoms with Crippen LogP contribution >= 0.6 is 28.0 Å². The molecule has 0 saturated heterocycles. The van der Waals surface area contributed by atoms with Gasteiger partial charge in [-0.05, 0) is 52.1 Å². The number of benzene rings is 1. The highest BCUT2D eigenvalue weighted by Crippen LogP contribution is 2.26. The molecule has 0 spiro atoms. The van der Waals surface area contributed by atoms with Crippen LogP contribution in [0.1, 0.15) is 12.0 Å². The van der Waals surface area contributed by atoms with Crippen molar-refractivity contribution in [3.8, 4) is 5.75 Å². The molecule has 4 nitrogen and oxygen atoms in total. The Balaban J connectivity index is 2.26.